The first kappa shape index (κ1) is 20.3. The number of benzene rings is 1. The third-order valence-electron chi connectivity index (χ3n) is 5.14. The molecule has 0 bridgehead atoms. The zero-order valence-electron chi connectivity index (χ0n) is 16.3. The number of tetrazole rings is 1. The fraction of sp³-hybridized carbons (Fsp3) is 0.400. The van der Waals surface area contributed by atoms with Crippen molar-refractivity contribution in [3.8, 4) is 5.69 Å². The second-order valence-corrected chi connectivity index (χ2v) is 8.86. The van der Waals surface area contributed by atoms with Gasteiger partial charge in [0, 0.05) is 34.6 Å². The fourth-order valence-electron chi connectivity index (χ4n) is 3.61. The van der Waals surface area contributed by atoms with E-state index in [0.29, 0.717) is 5.16 Å². The van der Waals surface area contributed by atoms with Gasteiger partial charge in [0.2, 0.25) is 5.16 Å². The zero-order chi connectivity index (χ0) is 20.4. The molecule has 1 aromatic carbocycles. The van der Waals surface area contributed by atoms with Gasteiger partial charge in [0.1, 0.15) is 0 Å². The summed E-state index contributed by atoms with van der Waals surface area (Å²) in [6, 6.07) is 9.68. The molecule has 0 spiro atoms. The Morgan fingerprint density at radius 1 is 1.34 bits per heavy atom. The number of halogens is 1. The van der Waals surface area contributed by atoms with Gasteiger partial charge in [0.05, 0.1) is 17.5 Å². The summed E-state index contributed by atoms with van der Waals surface area (Å²) in [7, 11) is 0. The van der Waals surface area contributed by atoms with E-state index in [9.17, 15) is 4.79 Å². The van der Waals surface area contributed by atoms with Gasteiger partial charge in [-0.15, -0.1) is 5.10 Å². The van der Waals surface area contributed by atoms with Gasteiger partial charge in [-0.1, -0.05) is 23.9 Å². The molecule has 3 aromatic rings. The molecule has 0 amide bonds. The molecule has 29 heavy (non-hydrogen) atoms. The van der Waals surface area contributed by atoms with E-state index >= 15 is 0 Å². The number of carbonyl (C=O) groups excluding carboxylic acids is 1. The van der Waals surface area contributed by atoms with Crippen molar-refractivity contribution >= 4 is 33.5 Å². The Kier molecular flexibility index (Phi) is 6.17. The summed E-state index contributed by atoms with van der Waals surface area (Å²) in [5.41, 5.74) is 3.67. The fourth-order valence-corrected chi connectivity index (χ4v) is 4.83. The molecule has 4 rings (SSSR count). The Bertz CT molecular complexity index is 1030. The number of para-hydroxylation sites is 1. The lowest BCUT2D eigenvalue weighted by molar-refractivity contribution is 0.0957. The highest BCUT2D eigenvalue weighted by Gasteiger charge is 2.22. The second kappa shape index (κ2) is 8.81. The van der Waals surface area contributed by atoms with E-state index in [1.807, 2.05) is 44.2 Å². The molecule has 9 heteroatoms. The van der Waals surface area contributed by atoms with Crippen LogP contribution in [0.5, 0.6) is 0 Å². The molecule has 0 N–H and O–H groups in total. The van der Waals surface area contributed by atoms with Crippen LogP contribution in [0.25, 0.3) is 5.69 Å². The van der Waals surface area contributed by atoms with Gasteiger partial charge in [-0.3, -0.25) is 4.79 Å². The molecule has 0 saturated carbocycles. The summed E-state index contributed by atoms with van der Waals surface area (Å²) >= 11 is 4.86. The number of aryl methyl sites for hydroxylation is 1. The van der Waals surface area contributed by atoms with Crippen molar-refractivity contribution in [1.82, 2.24) is 24.8 Å². The number of thioether (sulfide) groups is 1. The van der Waals surface area contributed by atoms with Gasteiger partial charge >= 0.3 is 0 Å². The van der Waals surface area contributed by atoms with Crippen LogP contribution in [0.15, 0.2) is 40.0 Å². The minimum atomic E-state index is 0.0726. The van der Waals surface area contributed by atoms with Gasteiger partial charge in [-0.2, -0.15) is 4.68 Å². The molecule has 3 heterocycles. The quantitative estimate of drug-likeness (QED) is 0.379. The normalized spacial score (nSPS) is 16.4. The molecule has 7 nitrogen and oxygen atoms in total. The zero-order valence-corrected chi connectivity index (χ0v) is 18.7. The van der Waals surface area contributed by atoms with Crippen LogP contribution in [-0.4, -0.2) is 49.0 Å². The summed E-state index contributed by atoms with van der Waals surface area (Å²) in [4.78, 5) is 12.9. The Morgan fingerprint density at radius 2 is 2.17 bits per heavy atom. The molecule has 1 aliphatic heterocycles. The monoisotopic (exact) mass is 475 g/mol. The van der Waals surface area contributed by atoms with Crippen LogP contribution in [0, 0.1) is 13.8 Å². The standard InChI is InChI=1S/C20H22BrN5O2S/c1-13-10-16(14(2)25(13)11-15-6-5-9-28-15)19(27)12-29-20-22-23-24-26(20)18-8-4-3-7-17(18)21/h3-4,7-8,10,15H,5-6,9,11-12H2,1-2H3. The van der Waals surface area contributed by atoms with E-state index in [-0.39, 0.29) is 17.6 Å². The molecule has 2 aromatic heterocycles. The summed E-state index contributed by atoms with van der Waals surface area (Å²) in [6.45, 7) is 5.68. The molecule has 1 fully saturated rings. The Balaban J connectivity index is 1.47. The molecule has 1 unspecified atom stereocenters. The van der Waals surface area contributed by atoms with Crippen LogP contribution in [-0.2, 0) is 11.3 Å². The van der Waals surface area contributed by atoms with Gasteiger partial charge in [-0.25, -0.2) is 0 Å². The Labute approximate surface area is 181 Å². The topological polar surface area (TPSA) is 74.8 Å². The summed E-state index contributed by atoms with van der Waals surface area (Å²) in [5, 5.41) is 12.5. The SMILES string of the molecule is Cc1cc(C(=O)CSc2nnnn2-c2ccccc2Br)c(C)n1CC1CCCO1. The van der Waals surface area contributed by atoms with Crippen molar-refractivity contribution in [2.75, 3.05) is 12.4 Å². The smallest absolute Gasteiger partial charge is 0.214 e. The van der Waals surface area contributed by atoms with Crippen molar-refractivity contribution in [3.63, 3.8) is 0 Å². The first-order valence-corrected chi connectivity index (χ1v) is 11.3. The number of carbonyl (C=O) groups is 1. The third kappa shape index (κ3) is 4.31. The van der Waals surface area contributed by atoms with Gasteiger partial charge < -0.3 is 9.30 Å². The first-order chi connectivity index (χ1) is 14.0. The molecular weight excluding hydrogens is 454 g/mol. The summed E-state index contributed by atoms with van der Waals surface area (Å²) < 4.78 is 10.5. The van der Waals surface area contributed by atoms with Crippen LogP contribution in [0.1, 0.15) is 34.6 Å². The third-order valence-corrected chi connectivity index (χ3v) is 6.73. The van der Waals surface area contributed by atoms with Crippen molar-refractivity contribution < 1.29 is 9.53 Å². The lowest BCUT2D eigenvalue weighted by Gasteiger charge is -2.14. The minimum absolute atomic E-state index is 0.0726. The number of aromatic nitrogens is 5. The van der Waals surface area contributed by atoms with Crippen molar-refractivity contribution in [2.45, 2.75) is 44.5 Å². The maximum Gasteiger partial charge on any atom is 0.214 e. The maximum absolute atomic E-state index is 12.9. The predicted molar refractivity (Wildman–Crippen MR) is 115 cm³/mol. The van der Waals surface area contributed by atoms with Crippen LogP contribution < -0.4 is 0 Å². The number of hydrogen-bond acceptors (Lipinski definition) is 6. The molecule has 1 saturated heterocycles. The van der Waals surface area contributed by atoms with E-state index in [4.69, 9.17) is 4.74 Å². The highest BCUT2D eigenvalue weighted by atomic mass is 79.9. The number of ketones is 1. The van der Waals surface area contributed by atoms with E-state index in [0.717, 1.165) is 53.1 Å². The Hall–Kier alpha value is -1.97. The molecule has 152 valence electrons. The summed E-state index contributed by atoms with van der Waals surface area (Å²) in [6.07, 6.45) is 2.43. The van der Waals surface area contributed by atoms with Crippen LogP contribution in [0.2, 0.25) is 0 Å². The maximum atomic E-state index is 12.9. The van der Waals surface area contributed by atoms with Gasteiger partial charge in [-0.05, 0) is 71.2 Å². The number of rotatable bonds is 7. The van der Waals surface area contributed by atoms with Crippen molar-refractivity contribution in [2.24, 2.45) is 0 Å². The van der Waals surface area contributed by atoms with Gasteiger partial charge in [0.25, 0.3) is 0 Å². The number of ether oxygens (including phenoxy) is 1. The summed E-state index contributed by atoms with van der Waals surface area (Å²) in [5.74, 6) is 0.345. The lowest BCUT2D eigenvalue weighted by Crippen LogP contribution is -2.17. The molecule has 1 atom stereocenters. The average molecular weight is 476 g/mol. The van der Waals surface area contributed by atoms with E-state index < -0.39 is 0 Å². The number of hydrogen-bond donors (Lipinski definition) is 0. The van der Waals surface area contributed by atoms with E-state index in [2.05, 4.69) is 36.0 Å². The molecule has 0 aliphatic carbocycles. The highest BCUT2D eigenvalue weighted by molar-refractivity contribution is 9.10. The Morgan fingerprint density at radius 3 is 2.93 bits per heavy atom. The number of nitrogens with zero attached hydrogens (tertiary/aromatic N) is 5. The van der Waals surface area contributed by atoms with Crippen LogP contribution >= 0.6 is 27.7 Å². The molecule has 0 radical (unpaired) electrons. The predicted octanol–water partition coefficient (Wildman–Crippen LogP) is 4.00. The van der Waals surface area contributed by atoms with Crippen LogP contribution in [0.3, 0.4) is 0 Å². The first-order valence-electron chi connectivity index (χ1n) is 9.52. The van der Waals surface area contributed by atoms with Crippen LogP contribution in [0.4, 0.5) is 0 Å². The van der Waals surface area contributed by atoms with E-state index in [1.165, 1.54) is 11.8 Å². The van der Waals surface area contributed by atoms with E-state index in [1.54, 1.807) is 4.68 Å². The van der Waals surface area contributed by atoms with Crippen molar-refractivity contribution in [3.05, 3.63) is 51.8 Å². The lowest BCUT2D eigenvalue weighted by atomic mass is 10.2. The minimum Gasteiger partial charge on any atom is -0.376 e. The molecular formula is C20H22BrN5O2S. The largest absolute Gasteiger partial charge is 0.376 e. The van der Waals surface area contributed by atoms with Gasteiger partial charge in [0.15, 0.2) is 5.78 Å². The average Bonchev–Trinajstić information content (AvgIpc) is 3.44. The highest BCUT2D eigenvalue weighted by Crippen LogP contribution is 2.26. The van der Waals surface area contributed by atoms with Crippen molar-refractivity contribution in [1.29, 1.82) is 0 Å². The second-order valence-electron chi connectivity index (χ2n) is 7.07. The number of Topliss-reactive ketones (excluding diaryl/α,β-unsaturated/α-hetero) is 1. The molecule has 1 aliphatic rings.